The Morgan fingerprint density at radius 1 is 1.32 bits per heavy atom. The first-order valence-electron chi connectivity index (χ1n) is 6.65. The highest BCUT2D eigenvalue weighted by Gasteiger charge is 2.30. The van der Waals surface area contributed by atoms with Crippen molar-refractivity contribution in [3.63, 3.8) is 0 Å². The van der Waals surface area contributed by atoms with Gasteiger partial charge in [0.1, 0.15) is 5.78 Å². The minimum Gasteiger partial charge on any atom is -0.299 e. The van der Waals surface area contributed by atoms with Gasteiger partial charge in [0, 0.05) is 18.9 Å². The van der Waals surface area contributed by atoms with E-state index in [1.807, 2.05) is 6.92 Å². The van der Waals surface area contributed by atoms with Gasteiger partial charge in [0.05, 0.1) is 4.90 Å². The second-order valence-electron chi connectivity index (χ2n) is 4.92. The summed E-state index contributed by atoms with van der Waals surface area (Å²) in [5, 5.41) is 0. The van der Waals surface area contributed by atoms with E-state index in [0.717, 1.165) is 19.3 Å². The molecule has 0 saturated heterocycles. The summed E-state index contributed by atoms with van der Waals surface area (Å²) in [6, 6.07) is 6.74. The average molecular weight is 281 g/mol. The van der Waals surface area contributed by atoms with Crippen LogP contribution in [0.5, 0.6) is 0 Å². The monoisotopic (exact) mass is 281 g/mol. The molecule has 0 heterocycles. The van der Waals surface area contributed by atoms with E-state index in [1.165, 1.54) is 0 Å². The molecule has 0 radical (unpaired) electrons. The van der Waals surface area contributed by atoms with Gasteiger partial charge in [-0.25, -0.2) is 13.1 Å². The molecule has 4 nitrogen and oxygen atoms in total. The summed E-state index contributed by atoms with van der Waals surface area (Å²) in [7, 11) is -3.51. The second kappa shape index (κ2) is 5.84. The lowest BCUT2D eigenvalue weighted by Crippen LogP contribution is -2.25. The van der Waals surface area contributed by atoms with E-state index in [9.17, 15) is 13.2 Å². The molecule has 0 aromatic heterocycles. The van der Waals surface area contributed by atoms with Crippen LogP contribution in [0.25, 0.3) is 0 Å². The van der Waals surface area contributed by atoms with E-state index in [2.05, 4.69) is 4.72 Å². The number of carbonyl (C=O) groups excluding carboxylic acids is 1. The smallest absolute Gasteiger partial charge is 0.240 e. The van der Waals surface area contributed by atoms with Crippen LogP contribution in [0.2, 0.25) is 0 Å². The van der Waals surface area contributed by atoms with Gasteiger partial charge in [-0.3, -0.25) is 4.79 Å². The first-order chi connectivity index (χ1) is 9.04. The number of rotatable bonds is 7. The van der Waals surface area contributed by atoms with E-state index >= 15 is 0 Å². The molecule has 1 aromatic rings. The molecule has 19 heavy (non-hydrogen) atoms. The molecule has 0 aliphatic heterocycles. The molecule has 0 amide bonds. The Hall–Kier alpha value is -1.20. The number of carbonyl (C=O) groups is 1. The summed E-state index contributed by atoms with van der Waals surface area (Å²) in [6.07, 6.45) is 2.85. The third-order valence-corrected chi connectivity index (χ3v) is 4.76. The van der Waals surface area contributed by atoms with E-state index in [-0.39, 0.29) is 23.0 Å². The molecule has 5 heteroatoms. The lowest BCUT2D eigenvalue weighted by Gasteiger charge is -2.10. The molecular weight excluding hydrogens is 262 g/mol. The van der Waals surface area contributed by atoms with Crippen molar-refractivity contribution < 1.29 is 13.2 Å². The van der Waals surface area contributed by atoms with Crippen molar-refractivity contribution in [3.05, 3.63) is 29.8 Å². The zero-order chi connectivity index (χ0) is 13.9. The van der Waals surface area contributed by atoms with Crippen LogP contribution in [0.15, 0.2) is 29.2 Å². The maximum Gasteiger partial charge on any atom is 0.240 e. The maximum atomic E-state index is 12.2. The molecule has 1 saturated carbocycles. The van der Waals surface area contributed by atoms with E-state index in [0.29, 0.717) is 12.1 Å². The van der Waals surface area contributed by atoms with Crippen LogP contribution in [0.3, 0.4) is 0 Å². The first kappa shape index (κ1) is 14.2. The molecule has 2 rings (SSSR count). The summed E-state index contributed by atoms with van der Waals surface area (Å²) in [6.45, 7) is 2.32. The molecular formula is C14H19NO3S. The van der Waals surface area contributed by atoms with Crippen molar-refractivity contribution in [3.8, 4) is 0 Å². The van der Waals surface area contributed by atoms with Crippen LogP contribution in [0.1, 0.15) is 31.7 Å². The Morgan fingerprint density at radius 2 is 2.00 bits per heavy atom. The largest absolute Gasteiger partial charge is 0.299 e. The number of hydrogen-bond acceptors (Lipinski definition) is 3. The van der Waals surface area contributed by atoms with Crippen LogP contribution >= 0.6 is 0 Å². The van der Waals surface area contributed by atoms with Crippen LogP contribution in [-0.4, -0.2) is 20.7 Å². The molecule has 0 spiro atoms. The van der Waals surface area contributed by atoms with Gasteiger partial charge in [-0.15, -0.1) is 0 Å². The Balaban J connectivity index is 2.22. The van der Waals surface area contributed by atoms with Gasteiger partial charge in [-0.05, 0) is 30.9 Å². The number of Topliss-reactive ketones (excluding diaryl/α,β-unsaturated/α-hetero) is 1. The Labute approximate surface area is 114 Å². The van der Waals surface area contributed by atoms with Gasteiger partial charge in [-0.2, -0.15) is 0 Å². The summed E-state index contributed by atoms with van der Waals surface area (Å²) in [4.78, 5) is 12.1. The van der Waals surface area contributed by atoms with Gasteiger partial charge >= 0.3 is 0 Å². The average Bonchev–Trinajstić information content (AvgIpc) is 3.21. The number of sulfonamides is 1. The molecule has 1 fully saturated rings. The van der Waals surface area contributed by atoms with Gasteiger partial charge in [-0.1, -0.05) is 25.1 Å². The van der Waals surface area contributed by atoms with Crippen molar-refractivity contribution in [1.29, 1.82) is 0 Å². The zero-order valence-electron chi connectivity index (χ0n) is 11.1. The fourth-order valence-corrected chi connectivity index (χ4v) is 3.34. The predicted molar refractivity (Wildman–Crippen MR) is 73.4 cm³/mol. The summed E-state index contributed by atoms with van der Waals surface area (Å²) in [5.41, 5.74) is 0.600. The lowest BCUT2D eigenvalue weighted by atomic mass is 10.1. The molecule has 0 unspecified atom stereocenters. The minimum atomic E-state index is -3.51. The second-order valence-corrected chi connectivity index (χ2v) is 6.66. The third kappa shape index (κ3) is 3.64. The molecule has 1 aromatic carbocycles. The summed E-state index contributed by atoms with van der Waals surface area (Å²) in [5.74, 6) is 0.303. The Bertz CT molecular complexity index is 562. The minimum absolute atomic E-state index is 0.151. The predicted octanol–water partition coefficient (Wildman–Crippen LogP) is 1.90. The SMILES string of the molecule is CCCNS(=O)(=O)c1ccccc1CC(=O)C1CC1. The van der Waals surface area contributed by atoms with Crippen molar-refractivity contribution in [2.75, 3.05) is 6.54 Å². The topological polar surface area (TPSA) is 63.2 Å². The van der Waals surface area contributed by atoms with Crippen LogP contribution < -0.4 is 4.72 Å². The molecule has 0 bridgehead atoms. The van der Waals surface area contributed by atoms with Gasteiger partial charge < -0.3 is 0 Å². The quantitative estimate of drug-likeness (QED) is 0.830. The van der Waals surface area contributed by atoms with Crippen LogP contribution in [0.4, 0.5) is 0 Å². The fraction of sp³-hybridized carbons (Fsp3) is 0.500. The van der Waals surface area contributed by atoms with Gasteiger partial charge in [0.2, 0.25) is 10.0 Å². The zero-order valence-corrected chi connectivity index (χ0v) is 11.9. The van der Waals surface area contributed by atoms with E-state index in [1.54, 1.807) is 24.3 Å². The normalized spacial score (nSPS) is 15.4. The van der Waals surface area contributed by atoms with Crippen molar-refractivity contribution in [2.45, 2.75) is 37.5 Å². The number of benzene rings is 1. The highest BCUT2D eigenvalue weighted by atomic mass is 32.2. The first-order valence-corrected chi connectivity index (χ1v) is 8.13. The molecule has 104 valence electrons. The number of ketones is 1. The van der Waals surface area contributed by atoms with E-state index in [4.69, 9.17) is 0 Å². The fourth-order valence-electron chi connectivity index (χ4n) is 1.96. The van der Waals surface area contributed by atoms with Crippen LogP contribution in [0, 0.1) is 5.92 Å². The number of nitrogens with one attached hydrogen (secondary N) is 1. The van der Waals surface area contributed by atoms with Gasteiger partial charge in [0.25, 0.3) is 0 Å². The van der Waals surface area contributed by atoms with Crippen molar-refractivity contribution in [1.82, 2.24) is 4.72 Å². The van der Waals surface area contributed by atoms with E-state index < -0.39 is 10.0 Å². The van der Waals surface area contributed by atoms with Crippen LogP contribution in [-0.2, 0) is 21.2 Å². The molecule has 0 atom stereocenters. The molecule has 1 N–H and O–H groups in total. The summed E-state index contributed by atoms with van der Waals surface area (Å²) < 4.78 is 26.9. The van der Waals surface area contributed by atoms with Crippen molar-refractivity contribution in [2.24, 2.45) is 5.92 Å². The molecule has 1 aliphatic rings. The van der Waals surface area contributed by atoms with Crippen molar-refractivity contribution >= 4 is 15.8 Å². The highest BCUT2D eigenvalue weighted by Crippen LogP contribution is 2.31. The highest BCUT2D eigenvalue weighted by molar-refractivity contribution is 7.89. The Morgan fingerprint density at radius 3 is 2.63 bits per heavy atom. The molecule has 1 aliphatic carbocycles. The Kier molecular flexibility index (Phi) is 4.37. The van der Waals surface area contributed by atoms with Gasteiger partial charge in [0.15, 0.2) is 0 Å². The lowest BCUT2D eigenvalue weighted by molar-refractivity contribution is -0.119. The maximum absolute atomic E-state index is 12.2. The number of hydrogen-bond donors (Lipinski definition) is 1. The third-order valence-electron chi connectivity index (χ3n) is 3.20. The summed E-state index contributed by atoms with van der Waals surface area (Å²) >= 11 is 0. The standard InChI is InChI=1S/C14H19NO3S/c1-2-9-15-19(17,18)14-6-4-3-5-12(14)10-13(16)11-7-8-11/h3-6,11,15H,2,7-10H2,1H3.